The topological polar surface area (TPSA) is 21.3 Å². The Bertz CT molecular complexity index is 162. The maximum atomic E-state index is 5.62. The van der Waals surface area contributed by atoms with Crippen molar-refractivity contribution >= 4 is 0 Å². The SMILES string of the molecule is CC(CCC1CCCO1)NC1CCC1. The second kappa shape index (κ2) is 5.13. The molecule has 14 heavy (non-hydrogen) atoms. The first kappa shape index (κ1) is 10.4. The fourth-order valence-electron chi connectivity index (χ4n) is 2.37. The largest absolute Gasteiger partial charge is 0.378 e. The lowest BCUT2D eigenvalue weighted by Gasteiger charge is -2.30. The summed E-state index contributed by atoms with van der Waals surface area (Å²) in [6, 6.07) is 1.51. The molecule has 2 fully saturated rings. The minimum absolute atomic E-state index is 0.570. The molecule has 1 aliphatic carbocycles. The first-order valence-corrected chi connectivity index (χ1v) is 6.22. The number of hydrogen-bond donors (Lipinski definition) is 1. The van der Waals surface area contributed by atoms with Crippen molar-refractivity contribution in [3.63, 3.8) is 0 Å². The molecule has 0 spiro atoms. The van der Waals surface area contributed by atoms with E-state index in [-0.39, 0.29) is 0 Å². The average Bonchev–Trinajstić information content (AvgIpc) is 2.60. The Kier molecular flexibility index (Phi) is 3.82. The summed E-state index contributed by atoms with van der Waals surface area (Å²) in [6.07, 6.45) is 9.87. The molecule has 1 N–H and O–H groups in total. The van der Waals surface area contributed by atoms with E-state index >= 15 is 0 Å². The molecule has 0 aromatic heterocycles. The fourth-order valence-corrected chi connectivity index (χ4v) is 2.37. The van der Waals surface area contributed by atoms with Gasteiger partial charge in [0.1, 0.15) is 0 Å². The molecule has 1 aliphatic heterocycles. The maximum absolute atomic E-state index is 5.62. The van der Waals surface area contributed by atoms with E-state index in [0.29, 0.717) is 12.1 Å². The summed E-state index contributed by atoms with van der Waals surface area (Å²) in [5.41, 5.74) is 0. The number of hydrogen-bond acceptors (Lipinski definition) is 2. The Morgan fingerprint density at radius 2 is 2.14 bits per heavy atom. The van der Waals surface area contributed by atoms with Crippen molar-refractivity contribution in [2.45, 2.75) is 70.1 Å². The smallest absolute Gasteiger partial charge is 0.0576 e. The van der Waals surface area contributed by atoms with Crippen LogP contribution >= 0.6 is 0 Å². The molecule has 0 aromatic carbocycles. The van der Waals surface area contributed by atoms with Crippen LogP contribution in [0, 0.1) is 0 Å². The maximum Gasteiger partial charge on any atom is 0.0576 e. The van der Waals surface area contributed by atoms with Crippen LogP contribution in [0.2, 0.25) is 0 Å². The van der Waals surface area contributed by atoms with Crippen LogP contribution in [0.15, 0.2) is 0 Å². The zero-order valence-electron chi connectivity index (χ0n) is 9.30. The highest BCUT2D eigenvalue weighted by atomic mass is 16.5. The summed E-state index contributed by atoms with van der Waals surface area (Å²) in [6.45, 7) is 3.31. The van der Waals surface area contributed by atoms with E-state index in [4.69, 9.17) is 4.74 Å². The first-order valence-electron chi connectivity index (χ1n) is 6.22. The van der Waals surface area contributed by atoms with Crippen molar-refractivity contribution in [3.8, 4) is 0 Å². The molecule has 0 radical (unpaired) electrons. The zero-order valence-corrected chi connectivity index (χ0v) is 9.30. The third-order valence-corrected chi connectivity index (χ3v) is 3.57. The molecular weight excluding hydrogens is 174 g/mol. The van der Waals surface area contributed by atoms with Crippen molar-refractivity contribution in [3.05, 3.63) is 0 Å². The molecule has 1 saturated heterocycles. The van der Waals surface area contributed by atoms with Gasteiger partial charge < -0.3 is 10.1 Å². The Hall–Kier alpha value is -0.0800. The van der Waals surface area contributed by atoms with Gasteiger partial charge in [-0.15, -0.1) is 0 Å². The highest BCUT2D eigenvalue weighted by Crippen LogP contribution is 2.21. The van der Waals surface area contributed by atoms with E-state index in [0.717, 1.165) is 12.6 Å². The molecule has 1 heterocycles. The summed E-state index contributed by atoms with van der Waals surface area (Å²) >= 11 is 0. The van der Waals surface area contributed by atoms with E-state index in [9.17, 15) is 0 Å². The Labute approximate surface area is 87.4 Å². The predicted octanol–water partition coefficient (Wildman–Crippen LogP) is 2.48. The molecule has 2 rings (SSSR count). The van der Waals surface area contributed by atoms with Gasteiger partial charge in [-0.3, -0.25) is 0 Å². The van der Waals surface area contributed by atoms with Crippen LogP contribution in [-0.2, 0) is 4.74 Å². The number of rotatable bonds is 5. The van der Waals surface area contributed by atoms with Gasteiger partial charge in [0, 0.05) is 18.7 Å². The Morgan fingerprint density at radius 1 is 1.29 bits per heavy atom. The van der Waals surface area contributed by atoms with E-state index in [1.807, 2.05) is 0 Å². The predicted molar refractivity (Wildman–Crippen MR) is 58.4 cm³/mol. The molecule has 1 saturated carbocycles. The minimum atomic E-state index is 0.570. The van der Waals surface area contributed by atoms with E-state index in [1.165, 1.54) is 44.9 Å². The lowest BCUT2D eigenvalue weighted by molar-refractivity contribution is 0.0991. The Balaban J connectivity index is 1.54. The minimum Gasteiger partial charge on any atom is -0.378 e. The van der Waals surface area contributed by atoms with Gasteiger partial charge in [0.25, 0.3) is 0 Å². The molecule has 2 aliphatic rings. The van der Waals surface area contributed by atoms with E-state index < -0.39 is 0 Å². The summed E-state index contributed by atoms with van der Waals surface area (Å²) in [5, 5.41) is 3.68. The number of ether oxygens (including phenoxy) is 1. The molecule has 82 valence electrons. The van der Waals surface area contributed by atoms with Gasteiger partial charge in [0.2, 0.25) is 0 Å². The van der Waals surface area contributed by atoms with Crippen LogP contribution in [-0.4, -0.2) is 24.8 Å². The molecule has 0 bridgehead atoms. The lowest BCUT2D eigenvalue weighted by atomic mass is 9.92. The molecule has 0 amide bonds. The standard InChI is InChI=1S/C12H23NO/c1-10(13-11-4-2-5-11)7-8-12-6-3-9-14-12/h10-13H,2-9H2,1H3. The lowest BCUT2D eigenvalue weighted by Crippen LogP contribution is -2.41. The van der Waals surface area contributed by atoms with Crippen molar-refractivity contribution in [1.82, 2.24) is 5.32 Å². The van der Waals surface area contributed by atoms with Gasteiger partial charge in [-0.05, 0) is 45.4 Å². The van der Waals surface area contributed by atoms with Gasteiger partial charge in [-0.2, -0.15) is 0 Å². The van der Waals surface area contributed by atoms with E-state index in [2.05, 4.69) is 12.2 Å². The van der Waals surface area contributed by atoms with Gasteiger partial charge in [-0.1, -0.05) is 6.42 Å². The van der Waals surface area contributed by atoms with Crippen LogP contribution in [0.3, 0.4) is 0 Å². The summed E-state index contributed by atoms with van der Waals surface area (Å²) < 4.78 is 5.62. The quantitative estimate of drug-likeness (QED) is 0.731. The van der Waals surface area contributed by atoms with Crippen LogP contribution in [0.25, 0.3) is 0 Å². The van der Waals surface area contributed by atoms with Crippen LogP contribution in [0.1, 0.15) is 51.9 Å². The normalized spacial score (nSPS) is 30.2. The third-order valence-electron chi connectivity index (χ3n) is 3.57. The summed E-state index contributed by atoms with van der Waals surface area (Å²) in [4.78, 5) is 0. The zero-order chi connectivity index (χ0) is 9.80. The van der Waals surface area contributed by atoms with Gasteiger partial charge in [-0.25, -0.2) is 0 Å². The highest BCUT2D eigenvalue weighted by Gasteiger charge is 2.20. The van der Waals surface area contributed by atoms with E-state index in [1.54, 1.807) is 0 Å². The molecule has 0 aromatic rings. The molecule has 2 unspecified atom stereocenters. The van der Waals surface area contributed by atoms with Gasteiger partial charge in [0.05, 0.1) is 6.10 Å². The van der Waals surface area contributed by atoms with Gasteiger partial charge >= 0.3 is 0 Å². The monoisotopic (exact) mass is 197 g/mol. The first-order chi connectivity index (χ1) is 6.84. The number of nitrogens with one attached hydrogen (secondary N) is 1. The van der Waals surface area contributed by atoms with Crippen LogP contribution in [0.4, 0.5) is 0 Å². The molecule has 2 heteroatoms. The third kappa shape index (κ3) is 2.96. The average molecular weight is 197 g/mol. The molecule has 2 nitrogen and oxygen atoms in total. The van der Waals surface area contributed by atoms with Crippen LogP contribution < -0.4 is 5.32 Å². The second-order valence-electron chi connectivity index (χ2n) is 4.91. The fraction of sp³-hybridized carbons (Fsp3) is 1.00. The molecule has 2 atom stereocenters. The van der Waals surface area contributed by atoms with Crippen molar-refractivity contribution in [2.24, 2.45) is 0 Å². The van der Waals surface area contributed by atoms with Crippen molar-refractivity contribution in [1.29, 1.82) is 0 Å². The molecular formula is C12H23NO. The van der Waals surface area contributed by atoms with Gasteiger partial charge in [0.15, 0.2) is 0 Å². The second-order valence-corrected chi connectivity index (χ2v) is 4.91. The summed E-state index contributed by atoms with van der Waals surface area (Å²) in [5.74, 6) is 0. The van der Waals surface area contributed by atoms with Crippen molar-refractivity contribution in [2.75, 3.05) is 6.61 Å². The Morgan fingerprint density at radius 3 is 2.71 bits per heavy atom. The van der Waals surface area contributed by atoms with Crippen LogP contribution in [0.5, 0.6) is 0 Å². The highest BCUT2D eigenvalue weighted by molar-refractivity contribution is 4.79. The summed E-state index contributed by atoms with van der Waals surface area (Å²) in [7, 11) is 0. The van der Waals surface area contributed by atoms with Crippen molar-refractivity contribution < 1.29 is 4.74 Å².